The normalized spacial score (nSPS) is 16.0. The van der Waals surface area contributed by atoms with Crippen LogP contribution in [0.25, 0.3) is 0 Å². The molecule has 2 N–H and O–H groups in total. The van der Waals surface area contributed by atoms with Crippen LogP contribution in [0.1, 0.15) is 35.0 Å². The summed E-state index contributed by atoms with van der Waals surface area (Å²) in [7, 11) is 3.06. The van der Waals surface area contributed by atoms with Crippen LogP contribution in [-0.2, 0) is 12.8 Å². The number of nitrogens with one attached hydrogen (secondary N) is 2. The van der Waals surface area contributed by atoms with Gasteiger partial charge in [-0.3, -0.25) is 9.59 Å². The fourth-order valence-corrected chi connectivity index (χ4v) is 3.16. The van der Waals surface area contributed by atoms with Gasteiger partial charge in [0, 0.05) is 11.8 Å². The number of ether oxygens (including phenoxy) is 2. The van der Waals surface area contributed by atoms with Gasteiger partial charge in [0.2, 0.25) is 0 Å². The quantitative estimate of drug-likeness (QED) is 0.895. The fraction of sp³-hybridized carbons (Fsp3) is 0.368. The number of fused-ring (bicyclic) bond motifs is 1. The number of aromatic amines is 1. The first-order valence-electron chi connectivity index (χ1n) is 8.30. The molecule has 1 atom stereocenters. The van der Waals surface area contributed by atoms with Crippen molar-refractivity contribution in [3.05, 3.63) is 51.4 Å². The highest BCUT2D eigenvalue weighted by Gasteiger charge is 2.21. The van der Waals surface area contributed by atoms with Gasteiger partial charge in [-0.2, -0.15) is 0 Å². The van der Waals surface area contributed by atoms with Crippen molar-refractivity contribution in [1.82, 2.24) is 4.98 Å². The van der Waals surface area contributed by atoms with Crippen LogP contribution in [0.2, 0.25) is 0 Å². The van der Waals surface area contributed by atoms with Gasteiger partial charge in [0.15, 0.2) is 0 Å². The van der Waals surface area contributed by atoms with Gasteiger partial charge in [0.25, 0.3) is 11.5 Å². The zero-order valence-corrected chi connectivity index (χ0v) is 14.6. The number of aromatic nitrogens is 1. The van der Waals surface area contributed by atoms with Gasteiger partial charge in [-0.25, -0.2) is 0 Å². The lowest BCUT2D eigenvalue weighted by atomic mass is 9.87. The van der Waals surface area contributed by atoms with Crippen LogP contribution in [0, 0.1) is 5.92 Å². The third-order valence-corrected chi connectivity index (χ3v) is 4.57. The smallest absolute Gasteiger partial charge is 0.261 e. The summed E-state index contributed by atoms with van der Waals surface area (Å²) in [5, 5.41) is 2.75. The Morgan fingerprint density at radius 2 is 2.04 bits per heavy atom. The molecule has 1 aliphatic rings. The molecule has 1 aliphatic carbocycles. The van der Waals surface area contributed by atoms with Crippen molar-refractivity contribution >= 4 is 11.6 Å². The number of carbonyl (C=O) groups excluding carboxylic acids is 1. The largest absolute Gasteiger partial charge is 0.497 e. The summed E-state index contributed by atoms with van der Waals surface area (Å²) in [6, 6.07) is 6.81. The zero-order valence-electron chi connectivity index (χ0n) is 14.6. The Balaban J connectivity index is 1.92. The lowest BCUT2D eigenvalue weighted by Crippen LogP contribution is -2.27. The first-order valence-corrected chi connectivity index (χ1v) is 8.30. The maximum Gasteiger partial charge on any atom is 0.261 e. The van der Waals surface area contributed by atoms with E-state index in [1.165, 1.54) is 7.11 Å². The zero-order chi connectivity index (χ0) is 18.0. The lowest BCUT2D eigenvalue weighted by Gasteiger charge is -2.21. The Hall–Kier alpha value is -2.76. The monoisotopic (exact) mass is 342 g/mol. The number of anilines is 1. The van der Waals surface area contributed by atoms with E-state index in [0.717, 1.165) is 30.5 Å². The number of H-pyrrole nitrogens is 1. The van der Waals surface area contributed by atoms with Crippen molar-refractivity contribution in [2.75, 3.05) is 19.5 Å². The first-order chi connectivity index (χ1) is 12.0. The summed E-state index contributed by atoms with van der Waals surface area (Å²) in [6.07, 6.45) is 2.77. The van der Waals surface area contributed by atoms with Gasteiger partial charge in [0.05, 0.1) is 19.9 Å². The molecule has 0 saturated heterocycles. The van der Waals surface area contributed by atoms with E-state index in [4.69, 9.17) is 9.47 Å². The van der Waals surface area contributed by atoms with Crippen molar-refractivity contribution in [3.63, 3.8) is 0 Å². The standard InChI is InChI=1S/C19H22N2O4/c1-11-4-6-15-12(8-11)9-14(18(22)20-15)19(23)21-16-10-13(24-2)5-7-17(16)25-3/h5,7,9-11H,4,6,8H2,1-3H3,(H,20,22)(H,21,23). The molecule has 1 amide bonds. The van der Waals surface area contributed by atoms with E-state index < -0.39 is 5.91 Å². The molecule has 0 aliphatic heterocycles. The summed E-state index contributed by atoms with van der Waals surface area (Å²) in [5.74, 6) is 1.17. The minimum Gasteiger partial charge on any atom is -0.497 e. The highest BCUT2D eigenvalue weighted by Crippen LogP contribution is 2.29. The minimum atomic E-state index is -0.464. The predicted octanol–water partition coefficient (Wildman–Crippen LogP) is 2.77. The van der Waals surface area contributed by atoms with Crippen molar-refractivity contribution in [1.29, 1.82) is 0 Å². The Morgan fingerprint density at radius 3 is 2.76 bits per heavy atom. The molecule has 6 heteroatoms. The fourth-order valence-electron chi connectivity index (χ4n) is 3.16. The molecule has 2 aromatic rings. The maximum atomic E-state index is 12.6. The van der Waals surface area contributed by atoms with E-state index in [2.05, 4.69) is 17.2 Å². The Kier molecular flexibility index (Phi) is 4.79. The molecule has 1 aromatic heterocycles. The molecule has 0 saturated carbocycles. The van der Waals surface area contributed by atoms with Crippen molar-refractivity contribution in [2.24, 2.45) is 5.92 Å². The molecular weight excluding hydrogens is 320 g/mol. The predicted molar refractivity (Wildman–Crippen MR) is 95.8 cm³/mol. The van der Waals surface area contributed by atoms with Gasteiger partial charge < -0.3 is 19.8 Å². The molecule has 3 rings (SSSR count). The Labute approximate surface area is 146 Å². The Morgan fingerprint density at radius 1 is 1.24 bits per heavy atom. The van der Waals surface area contributed by atoms with E-state index in [-0.39, 0.29) is 11.1 Å². The van der Waals surface area contributed by atoms with Crippen LogP contribution in [0.3, 0.4) is 0 Å². The second-order valence-electron chi connectivity index (χ2n) is 6.38. The molecule has 0 fully saturated rings. The first kappa shape index (κ1) is 17.1. The number of hydrogen-bond donors (Lipinski definition) is 2. The van der Waals surface area contributed by atoms with Crippen LogP contribution in [0.5, 0.6) is 11.5 Å². The summed E-state index contributed by atoms with van der Waals surface area (Å²) < 4.78 is 10.4. The third kappa shape index (κ3) is 3.52. The SMILES string of the molecule is COc1ccc(OC)c(NC(=O)c2cc3c([nH]c2=O)CCC(C)C3)c1. The molecule has 0 spiro atoms. The van der Waals surface area contributed by atoms with Crippen molar-refractivity contribution in [3.8, 4) is 11.5 Å². The van der Waals surface area contributed by atoms with Crippen LogP contribution in [0.4, 0.5) is 5.69 Å². The van der Waals surface area contributed by atoms with Gasteiger partial charge in [-0.05, 0) is 48.9 Å². The summed E-state index contributed by atoms with van der Waals surface area (Å²) >= 11 is 0. The van der Waals surface area contributed by atoms with E-state index >= 15 is 0 Å². The van der Waals surface area contributed by atoms with Gasteiger partial charge in [-0.15, -0.1) is 0 Å². The highest BCUT2D eigenvalue weighted by molar-refractivity contribution is 6.05. The topological polar surface area (TPSA) is 80.4 Å². The van der Waals surface area contributed by atoms with E-state index in [1.54, 1.807) is 31.4 Å². The van der Waals surface area contributed by atoms with Crippen LogP contribution in [0.15, 0.2) is 29.1 Å². The molecule has 1 unspecified atom stereocenters. The molecule has 132 valence electrons. The number of aryl methyl sites for hydroxylation is 1. The summed E-state index contributed by atoms with van der Waals surface area (Å²) in [4.78, 5) is 27.8. The highest BCUT2D eigenvalue weighted by atomic mass is 16.5. The van der Waals surface area contributed by atoms with Gasteiger partial charge in [-0.1, -0.05) is 6.92 Å². The van der Waals surface area contributed by atoms with Gasteiger partial charge in [0.1, 0.15) is 17.1 Å². The maximum absolute atomic E-state index is 12.6. The molecule has 1 heterocycles. The van der Waals surface area contributed by atoms with Crippen molar-refractivity contribution in [2.45, 2.75) is 26.2 Å². The third-order valence-electron chi connectivity index (χ3n) is 4.57. The Bertz CT molecular complexity index is 857. The van der Waals surface area contributed by atoms with E-state index in [1.807, 2.05) is 0 Å². The number of carbonyl (C=O) groups is 1. The van der Waals surface area contributed by atoms with Crippen molar-refractivity contribution < 1.29 is 14.3 Å². The number of benzene rings is 1. The van der Waals surface area contributed by atoms with Crippen LogP contribution in [-0.4, -0.2) is 25.1 Å². The van der Waals surface area contributed by atoms with Crippen LogP contribution < -0.4 is 20.3 Å². The van der Waals surface area contributed by atoms with Crippen LogP contribution >= 0.6 is 0 Å². The molecule has 0 radical (unpaired) electrons. The second-order valence-corrected chi connectivity index (χ2v) is 6.38. The molecular formula is C19H22N2O4. The number of hydrogen-bond acceptors (Lipinski definition) is 4. The lowest BCUT2D eigenvalue weighted by molar-refractivity contribution is 0.102. The molecule has 1 aromatic carbocycles. The second kappa shape index (κ2) is 7.01. The number of pyridine rings is 1. The number of methoxy groups -OCH3 is 2. The van der Waals surface area contributed by atoms with E-state index in [0.29, 0.717) is 23.1 Å². The van der Waals surface area contributed by atoms with Gasteiger partial charge >= 0.3 is 0 Å². The van der Waals surface area contributed by atoms with E-state index in [9.17, 15) is 9.59 Å². The minimum absolute atomic E-state index is 0.109. The summed E-state index contributed by atoms with van der Waals surface area (Å²) in [5.41, 5.74) is 2.18. The molecule has 25 heavy (non-hydrogen) atoms. The summed E-state index contributed by atoms with van der Waals surface area (Å²) in [6.45, 7) is 2.18. The molecule has 0 bridgehead atoms. The molecule has 6 nitrogen and oxygen atoms in total. The average molecular weight is 342 g/mol. The number of amides is 1. The average Bonchev–Trinajstić information content (AvgIpc) is 2.61. The number of rotatable bonds is 4.